The van der Waals surface area contributed by atoms with Gasteiger partial charge in [-0.15, -0.1) is 0 Å². The van der Waals surface area contributed by atoms with E-state index in [1.54, 1.807) is 0 Å². The number of hydrogen-bond donors (Lipinski definition) is 1. The predicted molar refractivity (Wildman–Crippen MR) is 78.9 cm³/mol. The van der Waals surface area contributed by atoms with Crippen molar-refractivity contribution in [1.29, 1.82) is 0 Å². The monoisotopic (exact) mass is 253 g/mol. The second-order valence-corrected chi connectivity index (χ2v) is 5.62. The topological polar surface area (TPSA) is 21.3 Å². The van der Waals surface area contributed by atoms with Gasteiger partial charge in [-0.3, -0.25) is 0 Å². The van der Waals surface area contributed by atoms with Gasteiger partial charge in [0.2, 0.25) is 0 Å². The summed E-state index contributed by atoms with van der Waals surface area (Å²) in [4.78, 5) is 0. The van der Waals surface area contributed by atoms with Crippen LogP contribution in [0.2, 0.25) is 0 Å². The van der Waals surface area contributed by atoms with Crippen LogP contribution in [0.4, 0.5) is 0 Å². The van der Waals surface area contributed by atoms with E-state index in [4.69, 9.17) is 4.74 Å². The number of hydrogen-bond acceptors (Lipinski definition) is 2. The molecule has 2 nitrogen and oxygen atoms in total. The van der Waals surface area contributed by atoms with Crippen LogP contribution >= 0.6 is 0 Å². The lowest BCUT2D eigenvalue weighted by Gasteiger charge is -2.37. The van der Waals surface area contributed by atoms with Crippen LogP contribution < -0.4 is 5.32 Å². The molecule has 1 unspecified atom stereocenters. The number of allylic oxidation sites excluding steroid dienone is 1. The Balaban J connectivity index is 2.17. The molecule has 1 fully saturated rings. The number of ether oxygens (including phenoxy) is 1. The minimum absolute atomic E-state index is 0.475. The van der Waals surface area contributed by atoms with Crippen molar-refractivity contribution in [1.82, 2.24) is 5.32 Å². The van der Waals surface area contributed by atoms with Crippen LogP contribution in [0.15, 0.2) is 12.2 Å². The first-order valence-electron chi connectivity index (χ1n) is 7.68. The molecule has 1 rings (SSSR count). The summed E-state index contributed by atoms with van der Waals surface area (Å²) < 4.78 is 6.20. The molecule has 0 aromatic rings. The second kappa shape index (κ2) is 8.71. The molecule has 18 heavy (non-hydrogen) atoms. The minimum atomic E-state index is 0.475. The lowest BCUT2D eigenvalue weighted by molar-refractivity contribution is -0.0698. The van der Waals surface area contributed by atoms with E-state index in [9.17, 15) is 0 Å². The van der Waals surface area contributed by atoms with Crippen LogP contribution in [0.5, 0.6) is 0 Å². The van der Waals surface area contributed by atoms with Crippen LogP contribution in [0.25, 0.3) is 0 Å². The average Bonchev–Trinajstić information content (AvgIpc) is 2.32. The summed E-state index contributed by atoms with van der Waals surface area (Å²) in [6, 6.07) is 0.692. The molecule has 1 aliphatic carbocycles. The van der Waals surface area contributed by atoms with E-state index >= 15 is 0 Å². The van der Waals surface area contributed by atoms with Gasteiger partial charge in [-0.1, -0.05) is 32.4 Å². The van der Waals surface area contributed by atoms with Crippen molar-refractivity contribution in [2.45, 2.75) is 83.5 Å². The standard InChI is InChI=1S/C16H31NO/c1-5-8-15(10-7-9-13(3)6-2)18-16-11-14(12-16)17-4/h14-17H,3,5-12H2,1-2,4H3. The third-order valence-electron chi connectivity index (χ3n) is 4.06. The van der Waals surface area contributed by atoms with Crippen molar-refractivity contribution in [2.75, 3.05) is 7.05 Å². The number of rotatable bonds is 10. The summed E-state index contributed by atoms with van der Waals surface area (Å²) in [5.41, 5.74) is 1.38. The number of nitrogens with one attached hydrogen (secondary N) is 1. The fraction of sp³-hybridized carbons (Fsp3) is 0.875. The third-order valence-corrected chi connectivity index (χ3v) is 4.06. The van der Waals surface area contributed by atoms with Gasteiger partial charge in [0.05, 0.1) is 12.2 Å². The first-order valence-corrected chi connectivity index (χ1v) is 7.68. The Bertz CT molecular complexity index is 233. The zero-order valence-corrected chi connectivity index (χ0v) is 12.5. The summed E-state index contributed by atoms with van der Waals surface area (Å²) in [6.07, 6.45) is 10.5. The van der Waals surface area contributed by atoms with Gasteiger partial charge in [-0.25, -0.2) is 0 Å². The van der Waals surface area contributed by atoms with E-state index in [0.717, 1.165) is 6.42 Å². The molecule has 0 amide bonds. The molecule has 0 heterocycles. The molecular weight excluding hydrogens is 222 g/mol. The second-order valence-electron chi connectivity index (χ2n) is 5.62. The summed E-state index contributed by atoms with van der Waals surface area (Å²) >= 11 is 0. The molecule has 0 aromatic heterocycles. The van der Waals surface area contributed by atoms with E-state index in [1.165, 1.54) is 50.5 Å². The molecule has 0 radical (unpaired) electrons. The Kier molecular flexibility index (Phi) is 7.60. The first-order chi connectivity index (χ1) is 8.69. The molecule has 1 atom stereocenters. The highest BCUT2D eigenvalue weighted by Gasteiger charge is 2.30. The van der Waals surface area contributed by atoms with Crippen LogP contribution in [0.1, 0.15) is 65.2 Å². The maximum atomic E-state index is 6.20. The fourth-order valence-corrected chi connectivity index (χ4v) is 2.54. The SMILES string of the molecule is C=C(CC)CCCC(CCC)OC1CC(NC)C1. The summed E-state index contributed by atoms with van der Waals surface area (Å²) in [5, 5.41) is 3.31. The summed E-state index contributed by atoms with van der Waals surface area (Å²) in [5.74, 6) is 0. The van der Waals surface area contributed by atoms with Crippen molar-refractivity contribution in [3.63, 3.8) is 0 Å². The highest BCUT2D eigenvalue weighted by atomic mass is 16.5. The van der Waals surface area contributed by atoms with Crippen LogP contribution in [0, 0.1) is 0 Å². The van der Waals surface area contributed by atoms with E-state index in [0.29, 0.717) is 18.2 Å². The van der Waals surface area contributed by atoms with E-state index in [1.807, 2.05) is 7.05 Å². The quantitative estimate of drug-likeness (QED) is 0.593. The van der Waals surface area contributed by atoms with E-state index < -0.39 is 0 Å². The van der Waals surface area contributed by atoms with Gasteiger partial charge in [-0.05, 0) is 52.0 Å². The molecule has 0 aromatic carbocycles. The molecule has 1 N–H and O–H groups in total. The van der Waals surface area contributed by atoms with Crippen LogP contribution in [-0.4, -0.2) is 25.3 Å². The van der Waals surface area contributed by atoms with E-state index in [2.05, 4.69) is 25.7 Å². The highest BCUT2D eigenvalue weighted by molar-refractivity contribution is 4.92. The molecule has 0 bridgehead atoms. The van der Waals surface area contributed by atoms with Gasteiger partial charge in [0, 0.05) is 6.04 Å². The van der Waals surface area contributed by atoms with Crippen molar-refractivity contribution in [3.8, 4) is 0 Å². The Morgan fingerprint density at radius 1 is 1.33 bits per heavy atom. The fourth-order valence-electron chi connectivity index (χ4n) is 2.54. The van der Waals surface area contributed by atoms with Crippen molar-refractivity contribution in [3.05, 3.63) is 12.2 Å². The summed E-state index contributed by atoms with van der Waals surface area (Å²) in [7, 11) is 2.04. The zero-order valence-electron chi connectivity index (χ0n) is 12.5. The van der Waals surface area contributed by atoms with Gasteiger partial charge in [-0.2, -0.15) is 0 Å². The predicted octanol–water partition coefficient (Wildman–Crippen LogP) is 4.06. The van der Waals surface area contributed by atoms with Crippen LogP contribution in [0.3, 0.4) is 0 Å². The summed E-state index contributed by atoms with van der Waals surface area (Å²) in [6.45, 7) is 8.51. The van der Waals surface area contributed by atoms with Gasteiger partial charge in [0.1, 0.15) is 0 Å². The highest BCUT2D eigenvalue weighted by Crippen LogP contribution is 2.27. The molecule has 1 saturated carbocycles. The Labute approximate surface area is 113 Å². The van der Waals surface area contributed by atoms with Gasteiger partial charge in [0.25, 0.3) is 0 Å². The minimum Gasteiger partial charge on any atom is -0.375 e. The van der Waals surface area contributed by atoms with Crippen molar-refractivity contribution < 1.29 is 4.74 Å². The smallest absolute Gasteiger partial charge is 0.0608 e. The molecule has 0 saturated heterocycles. The molecule has 1 aliphatic rings. The lowest BCUT2D eigenvalue weighted by atomic mass is 9.89. The van der Waals surface area contributed by atoms with Crippen molar-refractivity contribution in [2.24, 2.45) is 0 Å². The van der Waals surface area contributed by atoms with Gasteiger partial charge >= 0.3 is 0 Å². The zero-order chi connectivity index (χ0) is 13.4. The molecule has 0 spiro atoms. The average molecular weight is 253 g/mol. The third kappa shape index (κ3) is 5.53. The maximum absolute atomic E-state index is 6.20. The normalized spacial score (nSPS) is 24.6. The largest absolute Gasteiger partial charge is 0.375 e. The van der Waals surface area contributed by atoms with Gasteiger partial charge < -0.3 is 10.1 Å². The maximum Gasteiger partial charge on any atom is 0.0608 e. The van der Waals surface area contributed by atoms with E-state index in [-0.39, 0.29) is 0 Å². The lowest BCUT2D eigenvalue weighted by Crippen LogP contribution is -2.45. The van der Waals surface area contributed by atoms with Gasteiger partial charge in [0.15, 0.2) is 0 Å². The Hall–Kier alpha value is -0.340. The molecule has 0 aliphatic heterocycles. The molecular formula is C16H31NO. The Morgan fingerprint density at radius 3 is 2.61 bits per heavy atom. The Morgan fingerprint density at radius 2 is 2.06 bits per heavy atom. The molecule has 106 valence electrons. The first kappa shape index (κ1) is 15.7. The van der Waals surface area contributed by atoms with Crippen molar-refractivity contribution >= 4 is 0 Å². The van der Waals surface area contributed by atoms with Crippen LogP contribution in [-0.2, 0) is 4.74 Å². The molecule has 2 heteroatoms.